The maximum absolute atomic E-state index is 4.33. The second kappa shape index (κ2) is 4.61. The van der Waals surface area contributed by atoms with Crippen LogP contribution in [-0.4, -0.2) is 24.1 Å². The van der Waals surface area contributed by atoms with E-state index in [1.54, 1.807) is 12.4 Å². The van der Waals surface area contributed by atoms with Gasteiger partial charge in [-0.15, -0.1) is 0 Å². The van der Waals surface area contributed by atoms with Gasteiger partial charge in [0.05, 0.1) is 0 Å². The van der Waals surface area contributed by atoms with Gasteiger partial charge in [0.1, 0.15) is 0 Å². The topological polar surface area (TPSA) is 41.1 Å². The molecule has 0 spiro atoms. The number of rotatable bonds is 3. The zero-order valence-electron chi connectivity index (χ0n) is 9.38. The van der Waals surface area contributed by atoms with Crippen molar-refractivity contribution in [3.63, 3.8) is 0 Å². The van der Waals surface area contributed by atoms with Gasteiger partial charge in [-0.3, -0.25) is 0 Å². The summed E-state index contributed by atoms with van der Waals surface area (Å²) in [5.41, 5.74) is 1.08. The molecule has 0 aliphatic carbocycles. The Labute approximate surface area is 95.0 Å². The Morgan fingerprint density at radius 1 is 1.06 bits per heavy atom. The van der Waals surface area contributed by atoms with Crippen LogP contribution in [0.25, 0.3) is 0 Å². The summed E-state index contributed by atoms with van der Waals surface area (Å²) >= 11 is 0. The molecular weight excluding hydrogens is 200 g/mol. The first-order valence-corrected chi connectivity index (χ1v) is 5.10. The molecule has 1 heterocycles. The van der Waals surface area contributed by atoms with E-state index >= 15 is 0 Å². The van der Waals surface area contributed by atoms with Crippen LogP contribution in [0.2, 0.25) is 0 Å². The van der Waals surface area contributed by atoms with E-state index in [9.17, 15) is 0 Å². The fourth-order valence-electron chi connectivity index (χ4n) is 1.53. The van der Waals surface area contributed by atoms with Gasteiger partial charge >= 0.3 is 0 Å². The molecule has 0 aliphatic heterocycles. The zero-order valence-corrected chi connectivity index (χ0v) is 9.38. The van der Waals surface area contributed by atoms with E-state index in [1.807, 2.05) is 49.3 Å². The molecular formula is C12H14N4. The van der Waals surface area contributed by atoms with Crippen molar-refractivity contribution >= 4 is 17.3 Å². The molecule has 0 bridgehead atoms. The third-order valence-corrected chi connectivity index (χ3v) is 2.38. The average Bonchev–Trinajstić information content (AvgIpc) is 2.39. The first-order chi connectivity index (χ1) is 7.83. The van der Waals surface area contributed by atoms with E-state index in [0.717, 1.165) is 17.3 Å². The smallest absolute Gasteiger partial charge is 0.175 e. The van der Waals surface area contributed by atoms with E-state index < -0.39 is 0 Å². The van der Waals surface area contributed by atoms with Crippen LogP contribution in [0, 0.1) is 0 Å². The summed E-state index contributed by atoms with van der Waals surface area (Å²) in [4.78, 5) is 10.6. The third-order valence-electron chi connectivity index (χ3n) is 2.38. The van der Waals surface area contributed by atoms with Crippen molar-refractivity contribution in [1.29, 1.82) is 0 Å². The number of para-hydroxylation sites is 1. The molecule has 1 aromatic heterocycles. The minimum absolute atomic E-state index is 0.772. The van der Waals surface area contributed by atoms with Gasteiger partial charge in [-0.05, 0) is 12.1 Å². The minimum Gasteiger partial charge on any atom is -0.370 e. The van der Waals surface area contributed by atoms with Crippen molar-refractivity contribution < 1.29 is 0 Å². The molecule has 0 radical (unpaired) electrons. The normalized spacial score (nSPS) is 9.88. The first-order valence-electron chi connectivity index (χ1n) is 5.10. The lowest BCUT2D eigenvalue weighted by Gasteiger charge is -2.19. The van der Waals surface area contributed by atoms with E-state index in [2.05, 4.69) is 15.3 Å². The summed E-state index contributed by atoms with van der Waals surface area (Å²) in [6.07, 6.45) is 3.36. The standard InChI is InChI=1S/C12H14N4/c1-13-11-12(15-9-8-14-11)16(2)10-6-4-3-5-7-10/h3-9H,1-2H3,(H,13,14). The van der Waals surface area contributed by atoms with E-state index in [1.165, 1.54) is 0 Å². The van der Waals surface area contributed by atoms with Crippen LogP contribution in [0.1, 0.15) is 0 Å². The highest BCUT2D eigenvalue weighted by molar-refractivity contribution is 5.68. The van der Waals surface area contributed by atoms with Crippen molar-refractivity contribution in [2.75, 3.05) is 24.3 Å². The molecule has 0 saturated heterocycles. The minimum atomic E-state index is 0.772. The first kappa shape index (κ1) is 10.4. The SMILES string of the molecule is CNc1nccnc1N(C)c1ccccc1. The number of nitrogens with one attached hydrogen (secondary N) is 1. The molecule has 82 valence electrons. The Kier molecular flexibility index (Phi) is 3.00. The van der Waals surface area contributed by atoms with Crippen LogP contribution in [0.15, 0.2) is 42.7 Å². The lowest BCUT2D eigenvalue weighted by molar-refractivity contribution is 1.08. The molecule has 1 aromatic carbocycles. The molecule has 0 saturated carbocycles. The third kappa shape index (κ3) is 1.95. The van der Waals surface area contributed by atoms with Gasteiger partial charge in [-0.2, -0.15) is 0 Å². The Hall–Kier alpha value is -2.10. The van der Waals surface area contributed by atoms with Gasteiger partial charge in [0.2, 0.25) is 0 Å². The van der Waals surface area contributed by atoms with Gasteiger partial charge in [-0.1, -0.05) is 18.2 Å². The van der Waals surface area contributed by atoms with Crippen LogP contribution in [0.4, 0.5) is 17.3 Å². The number of hydrogen-bond acceptors (Lipinski definition) is 4. The summed E-state index contributed by atoms with van der Waals surface area (Å²) in [5.74, 6) is 1.59. The largest absolute Gasteiger partial charge is 0.370 e. The fraction of sp³-hybridized carbons (Fsp3) is 0.167. The van der Waals surface area contributed by atoms with Crippen LogP contribution < -0.4 is 10.2 Å². The summed E-state index contributed by atoms with van der Waals surface area (Å²) in [7, 11) is 3.81. The van der Waals surface area contributed by atoms with Crippen molar-refractivity contribution in [2.24, 2.45) is 0 Å². The number of benzene rings is 1. The number of anilines is 3. The summed E-state index contributed by atoms with van der Waals surface area (Å²) in [6.45, 7) is 0. The Morgan fingerprint density at radius 3 is 2.44 bits per heavy atom. The van der Waals surface area contributed by atoms with Crippen LogP contribution in [0.5, 0.6) is 0 Å². The molecule has 0 atom stereocenters. The highest BCUT2D eigenvalue weighted by Gasteiger charge is 2.09. The van der Waals surface area contributed by atoms with Gasteiger partial charge in [0, 0.05) is 32.2 Å². The molecule has 0 aliphatic rings. The molecule has 0 unspecified atom stereocenters. The predicted octanol–water partition coefficient (Wildman–Crippen LogP) is 2.29. The maximum Gasteiger partial charge on any atom is 0.175 e. The Balaban J connectivity index is 2.37. The van der Waals surface area contributed by atoms with Crippen LogP contribution in [-0.2, 0) is 0 Å². The van der Waals surface area contributed by atoms with Crippen molar-refractivity contribution in [3.8, 4) is 0 Å². The van der Waals surface area contributed by atoms with Gasteiger partial charge < -0.3 is 10.2 Å². The highest BCUT2D eigenvalue weighted by atomic mass is 15.2. The van der Waals surface area contributed by atoms with E-state index in [4.69, 9.17) is 0 Å². The Morgan fingerprint density at radius 2 is 1.75 bits per heavy atom. The summed E-state index contributed by atoms with van der Waals surface area (Å²) < 4.78 is 0. The quantitative estimate of drug-likeness (QED) is 0.851. The molecule has 0 fully saturated rings. The van der Waals surface area contributed by atoms with E-state index in [0.29, 0.717) is 0 Å². The zero-order chi connectivity index (χ0) is 11.4. The van der Waals surface area contributed by atoms with Crippen LogP contribution >= 0.6 is 0 Å². The monoisotopic (exact) mass is 214 g/mol. The molecule has 1 N–H and O–H groups in total. The lowest BCUT2D eigenvalue weighted by Crippen LogP contribution is -2.13. The molecule has 4 heteroatoms. The van der Waals surface area contributed by atoms with Crippen molar-refractivity contribution in [2.45, 2.75) is 0 Å². The molecule has 0 amide bonds. The van der Waals surface area contributed by atoms with Gasteiger partial charge in [-0.25, -0.2) is 9.97 Å². The van der Waals surface area contributed by atoms with Gasteiger partial charge in [0.15, 0.2) is 11.6 Å². The fourth-order valence-corrected chi connectivity index (χ4v) is 1.53. The summed E-state index contributed by atoms with van der Waals surface area (Å²) in [6, 6.07) is 10.1. The van der Waals surface area contributed by atoms with Crippen LogP contribution in [0.3, 0.4) is 0 Å². The second-order valence-corrected chi connectivity index (χ2v) is 3.37. The van der Waals surface area contributed by atoms with Gasteiger partial charge in [0.25, 0.3) is 0 Å². The molecule has 16 heavy (non-hydrogen) atoms. The number of nitrogens with zero attached hydrogens (tertiary/aromatic N) is 3. The van der Waals surface area contributed by atoms with Crippen molar-refractivity contribution in [3.05, 3.63) is 42.7 Å². The molecule has 4 nitrogen and oxygen atoms in total. The Bertz CT molecular complexity index is 456. The lowest BCUT2D eigenvalue weighted by atomic mass is 10.3. The molecule has 2 aromatic rings. The predicted molar refractivity (Wildman–Crippen MR) is 66.1 cm³/mol. The highest BCUT2D eigenvalue weighted by Crippen LogP contribution is 2.25. The number of aromatic nitrogens is 2. The average molecular weight is 214 g/mol. The maximum atomic E-state index is 4.33. The number of hydrogen-bond donors (Lipinski definition) is 1. The second-order valence-electron chi connectivity index (χ2n) is 3.37. The molecule has 2 rings (SSSR count). The van der Waals surface area contributed by atoms with E-state index in [-0.39, 0.29) is 0 Å². The van der Waals surface area contributed by atoms with Crippen molar-refractivity contribution in [1.82, 2.24) is 9.97 Å². The summed E-state index contributed by atoms with van der Waals surface area (Å²) in [5, 5.41) is 3.03.